The van der Waals surface area contributed by atoms with Crippen molar-refractivity contribution in [3.8, 4) is 0 Å². The third-order valence-electron chi connectivity index (χ3n) is 8.09. The van der Waals surface area contributed by atoms with Gasteiger partial charge in [-0.2, -0.15) is 0 Å². The van der Waals surface area contributed by atoms with Gasteiger partial charge in [-0.1, -0.05) is 68.4 Å². The largest absolute Gasteiger partial charge is 0.348 e. The summed E-state index contributed by atoms with van der Waals surface area (Å²) in [5, 5.41) is 21.7. The van der Waals surface area contributed by atoms with Crippen LogP contribution >= 0.6 is 0 Å². The fourth-order valence-electron chi connectivity index (χ4n) is 5.74. The molecule has 1 heterocycles. The fourth-order valence-corrected chi connectivity index (χ4v) is 5.74. The number of carbonyl (C=O) groups is 2. The minimum absolute atomic E-state index is 0.177. The van der Waals surface area contributed by atoms with Crippen molar-refractivity contribution in [2.75, 3.05) is 19.6 Å². The second-order valence-corrected chi connectivity index (χ2v) is 11.6. The van der Waals surface area contributed by atoms with Crippen LogP contribution in [-0.4, -0.2) is 47.6 Å². The fraction of sp³-hybridized carbons (Fsp3) is 0.378. The molecule has 4 N–H and O–H groups in total. The quantitative estimate of drug-likeness (QED) is 0.0931. The summed E-state index contributed by atoms with van der Waals surface area (Å²) in [5.41, 5.74) is 3.32. The SMILES string of the molecule is CCCN(CCC)CCC[C@H](NC(=O)c1ccc(CNCc2cccc[n+]2O)cc1)C(=O)N[C@@H](C)c1cccc2ccccc12. The Labute approximate surface area is 267 Å². The highest BCUT2D eigenvalue weighted by Gasteiger charge is 2.24. The first-order valence-electron chi connectivity index (χ1n) is 16.2. The first-order valence-corrected chi connectivity index (χ1v) is 16.2. The molecule has 0 unspecified atom stereocenters. The molecule has 0 fully saturated rings. The van der Waals surface area contributed by atoms with Gasteiger partial charge in [-0.15, -0.1) is 0 Å². The number of aromatic nitrogens is 1. The van der Waals surface area contributed by atoms with Crippen molar-refractivity contribution in [2.45, 2.75) is 71.6 Å². The van der Waals surface area contributed by atoms with Crippen LogP contribution in [-0.2, 0) is 17.9 Å². The number of pyridine rings is 1. The highest BCUT2D eigenvalue weighted by Crippen LogP contribution is 2.24. The van der Waals surface area contributed by atoms with Gasteiger partial charge in [0.25, 0.3) is 5.91 Å². The lowest BCUT2D eigenvalue weighted by Crippen LogP contribution is -2.47. The van der Waals surface area contributed by atoms with E-state index in [1.807, 2.05) is 55.5 Å². The van der Waals surface area contributed by atoms with Crippen LogP contribution in [0.15, 0.2) is 91.1 Å². The molecule has 2 atom stereocenters. The average molecular weight is 611 g/mol. The molecular weight excluding hydrogens is 562 g/mol. The normalized spacial score (nSPS) is 12.6. The third kappa shape index (κ3) is 9.86. The molecule has 4 rings (SSSR count). The van der Waals surface area contributed by atoms with Crippen molar-refractivity contribution >= 4 is 22.6 Å². The molecule has 45 heavy (non-hydrogen) atoms. The summed E-state index contributed by atoms with van der Waals surface area (Å²) in [4.78, 5) is 29.5. The first kappa shape index (κ1) is 33.6. The summed E-state index contributed by atoms with van der Waals surface area (Å²) < 4.78 is 1.10. The maximum atomic E-state index is 13.7. The number of nitrogens with zero attached hydrogens (tertiary/aromatic N) is 2. The van der Waals surface area contributed by atoms with Gasteiger partial charge >= 0.3 is 0 Å². The van der Waals surface area contributed by atoms with E-state index in [2.05, 4.69) is 52.9 Å². The molecular formula is C37H48N5O3+. The predicted molar refractivity (Wildman–Crippen MR) is 179 cm³/mol. The molecule has 8 heteroatoms. The van der Waals surface area contributed by atoms with Crippen molar-refractivity contribution in [3.63, 3.8) is 0 Å². The Morgan fingerprint density at radius 1 is 0.822 bits per heavy atom. The van der Waals surface area contributed by atoms with Crippen LogP contribution in [0.1, 0.15) is 79.7 Å². The van der Waals surface area contributed by atoms with Gasteiger partial charge in [0.2, 0.25) is 17.8 Å². The van der Waals surface area contributed by atoms with E-state index in [0.717, 1.165) is 71.2 Å². The van der Waals surface area contributed by atoms with Gasteiger partial charge < -0.3 is 20.9 Å². The summed E-state index contributed by atoms with van der Waals surface area (Å²) in [6.07, 6.45) is 5.12. The number of fused-ring (bicyclic) bond motifs is 1. The van der Waals surface area contributed by atoms with Crippen molar-refractivity contribution in [1.29, 1.82) is 0 Å². The van der Waals surface area contributed by atoms with Crippen molar-refractivity contribution in [1.82, 2.24) is 20.9 Å². The minimum atomic E-state index is -0.655. The molecule has 0 aliphatic carbocycles. The Morgan fingerprint density at radius 2 is 1.53 bits per heavy atom. The van der Waals surface area contributed by atoms with Crippen LogP contribution in [0.25, 0.3) is 10.8 Å². The predicted octanol–water partition coefficient (Wildman–Crippen LogP) is 5.53. The van der Waals surface area contributed by atoms with Gasteiger partial charge in [0.15, 0.2) is 0 Å². The zero-order valence-corrected chi connectivity index (χ0v) is 26.8. The highest BCUT2D eigenvalue weighted by molar-refractivity contribution is 5.97. The number of carbonyl (C=O) groups excluding carboxylic acids is 2. The van der Waals surface area contributed by atoms with Crippen LogP contribution < -0.4 is 20.7 Å². The Bertz CT molecular complexity index is 1510. The van der Waals surface area contributed by atoms with Crippen molar-refractivity contribution in [2.24, 2.45) is 0 Å². The van der Waals surface area contributed by atoms with Gasteiger partial charge in [-0.25, -0.2) is 0 Å². The second kappa shape index (κ2) is 17.3. The Balaban J connectivity index is 1.41. The topological polar surface area (TPSA) is 97.6 Å². The molecule has 1 aromatic heterocycles. The zero-order valence-electron chi connectivity index (χ0n) is 26.8. The first-order chi connectivity index (χ1) is 21.9. The molecule has 0 saturated heterocycles. The third-order valence-corrected chi connectivity index (χ3v) is 8.09. The number of amides is 2. The maximum absolute atomic E-state index is 13.7. The monoisotopic (exact) mass is 610 g/mol. The lowest BCUT2D eigenvalue weighted by Gasteiger charge is -2.25. The van der Waals surface area contributed by atoms with Gasteiger partial charge in [0.05, 0.1) is 12.6 Å². The minimum Gasteiger partial charge on any atom is -0.348 e. The Kier molecular flexibility index (Phi) is 12.9. The van der Waals surface area contributed by atoms with Gasteiger partial charge in [-0.05, 0) is 92.3 Å². The lowest BCUT2D eigenvalue weighted by molar-refractivity contribution is -0.909. The Morgan fingerprint density at radius 3 is 2.27 bits per heavy atom. The number of hydrogen-bond acceptors (Lipinski definition) is 5. The molecule has 2 amide bonds. The van der Waals surface area contributed by atoms with E-state index in [1.165, 1.54) is 0 Å². The average Bonchev–Trinajstić information content (AvgIpc) is 3.05. The van der Waals surface area contributed by atoms with E-state index in [0.29, 0.717) is 25.1 Å². The summed E-state index contributed by atoms with van der Waals surface area (Å²) in [6.45, 7) is 10.4. The van der Waals surface area contributed by atoms with Gasteiger partial charge in [0.1, 0.15) is 6.04 Å². The van der Waals surface area contributed by atoms with E-state index in [-0.39, 0.29) is 17.9 Å². The summed E-state index contributed by atoms with van der Waals surface area (Å²) in [7, 11) is 0. The van der Waals surface area contributed by atoms with E-state index in [1.54, 1.807) is 24.4 Å². The molecule has 8 nitrogen and oxygen atoms in total. The summed E-state index contributed by atoms with van der Waals surface area (Å²) in [6, 6.07) is 26.3. The number of hydrogen-bond donors (Lipinski definition) is 4. The molecule has 0 saturated carbocycles. The highest BCUT2D eigenvalue weighted by atomic mass is 16.5. The van der Waals surface area contributed by atoms with Crippen LogP contribution in [0.5, 0.6) is 0 Å². The van der Waals surface area contributed by atoms with Crippen molar-refractivity contribution in [3.05, 3.63) is 114 Å². The molecule has 238 valence electrons. The summed E-state index contributed by atoms with van der Waals surface area (Å²) in [5.74, 6) is -0.443. The molecule has 0 spiro atoms. The smallest absolute Gasteiger partial charge is 0.251 e. The van der Waals surface area contributed by atoms with E-state index < -0.39 is 6.04 Å². The molecule has 0 aliphatic heterocycles. The van der Waals surface area contributed by atoms with Crippen LogP contribution in [0.4, 0.5) is 0 Å². The molecule has 0 aliphatic rings. The molecule has 0 bridgehead atoms. The number of benzene rings is 3. The van der Waals surface area contributed by atoms with Gasteiger partial charge in [0, 0.05) is 29.0 Å². The van der Waals surface area contributed by atoms with Crippen LogP contribution in [0.3, 0.4) is 0 Å². The standard InChI is InChI=1S/C37H47N5O3/c1-4-22-41(23-5-2)24-11-17-35(37(44)39-28(3)33-16-10-13-30-12-6-7-15-34(30)33)40-36(43)31-20-18-29(19-21-31)26-38-27-32-14-8-9-25-42(32)45/h6-10,12-16,18-21,25,28,35,38H,4-5,11,17,22-24,26-27H2,1-3H3,(H2-,39,40,43,44,45)/p+1/t28-,35-/m0/s1. The van der Waals surface area contributed by atoms with E-state index in [4.69, 9.17) is 0 Å². The molecule has 4 aromatic rings. The second-order valence-electron chi connectivity index (χ2n) is 11.6. The lowest BCUT2D eigenvalue weighted by atomic mass is 9.99. The Hall–Kier alpha value is -4.27. The van der Waals surface area contributed by atoms with Crippen molar-refractivity contribution < 1.29 is 19.5 Å². The molecule has 3 aromatic carbocycles. The molecule has 0 radical (unpaired) electrons. The van der Waals surface area contributed by atoms with Crippen LogP contribution in [0, 0.1) is 0 Å². The summed E-state index contributed by atoms with van der Waals surface area (Å²) >= 11 is 0. The van der Waals surface area contributed by atoms with Gasteiger partial charge in [-0.3, -0.25) is 14.8 Å². The van der Waals surface area contributed by atoms with E-state index >= 15 is 0 Å². The van der Waals surface area contributed by atoms with Crippen LogP contribution in [0.2, 0.25) is 0 Å². The zero-order chi connectivity index (χ0) is 32.0. The maximum Gasteiger partial charge on any atom is 0.251 e. The number of rotatable bonds is 17. The number of nitrogens with one attached hydrogen (secondary N) is 3. The van der Waals surface area contributed by atoms with E-state index in [9.17, 15) is 14.8 Å².